The molecule has 3 heteroatoms. The van der Waals surface area contributed by atoms with Crippen LogP contribution in [0.15, 0.2) is 120 Å². The van der Waals surface area contributed by atoms with Gasteiger partial charge in [0.25, 0.3) is 0 Å². The molecule has 0 unspecified atom stereocenters. The van der Waals surface area contributed by atoms with E-state index < -0.39 is 0 Å². The van der Waals surface area contributed by atoms with E-state index in [9.17, 15) is 0 Å². The van der Waals surface area contributed by atoms with Gasteiger partial charge < -0.3 is 4.90 Å². The summed E-state index contributed by atoms with van der Waals surface area (Å²) in [5.74, 6) is 0. The van der Waals surface area contributed by atoms with Gasteiger partial charge in [0, 0.05) is 44.0 Å². The summed E-state index contributed by atoms with van der Waals surface area (Å²) in [5, 5.41) is 6.18. The van der Waals surface area contributed by atoms with Gasteiger partial charge in [0.15, 0.2) is 0 Å². The minimum atomic E-state index is 0.930. The second kappa shape index (κ2) is 8.69. The fourth-order valence-corrected chi connectivity index (χ4v) is 4.72. The van der Waals surface area contributed by atoms with Crippen LogP contribution in [0.1, 0.15) is 5.69 Å². The minimum Gasteiger partial charge on any atom is -0.378 e. The Bertz CT molecular complexity index is 1710. The zero-order chi connectivity index (χ0) is 23.8. The molecule has 0 radical (unpaired) electrons. The quantitative estimate of drug-likeness (QED) is 0.157. The molecule has 0 aliphatic carbocycles. The minimum absolute atomic E-state index is 0.930. The summed E-state index contributed by atoms with van der Waals surface area (Å²) in [6.07, 6.45) is 1.97. The topological polar surface area (TPSA) is 19.5 Å². The van der Waals surface area contributed by atoms with Crippen molar-refractivity contribution in [1.29, 1.82) is 0 Å². The molecule has 0 amide bonds. The number of aromatic nitrogens is 1. The molecule has 0 saturated carbocycles. The molecule has 0 aliphatic rings. The number of pyridine rings is 1. The standard InChI is InChI=1S/C32H26N3/c1-34(2)27-16-13-26(14-17-27)33-22-29-18-19-31-30-10-6-5-8-24(30)12-20-32(31)35(29)28-15-11-23-7-3-4-9-25(23)21-28/h3-22H,1-2H3/q+1. The molecule has 1 aromatic heterocycles. The first-order chi connectivity index (χ1) is 17.2. The largest absolute Gasteiger partial charge is 0.378 e. The van der Waals surface area contributed by atoms with Crippen molar-refractivity contribution in [2.45, 2.75) is 0 Å². The Morgan fingerprint density at radius 2 is 1.34 bits per heavy atom. The van der Waals surface area contributed by atoms with Crippen molar-refractivity contribution >= 4 is 50.0 Å². The Balaban J connectivity index is 1.56. The molecule has 3 nitrogen and oxygen atoms in total. The van der Waals surface area contributed by atoms with Crippen LogP contribution in [-0.4, -0.2) is 20.3 Å². The normalized spacial score (nSPS) is 11.6. The van der Waals surface area contributed by atoms with Gasteiger partial charge in [0.2, 0.25) is 16.9 Å². The molecule has 6 aromatic rings. The number of aliphatic imine (C=N–C) groups is 1. The van der Waals surface area contributed by atoms with Crippen LogP contribution in [0.5, 0.6) is 0 Å². The van der Waals surface area contributed by atoms with Gasteiger partial charge in [-0.05, 0) is 64.0 Å². The van der Waals surface area contributed by atoms with Crippen LogP contribution >= 0.6 is 0 Å². The van der Waals surface area contributed by atoms with Crippen molar-refractivity contribution in [3.63, 3.8) is 0 Å². The first kappa shape index (κ1) is 21.1. The highest BCUT2D eigenvalue weighted by molar-refractivity contribution is 6.05. The highest BCUT2D eigenvalue weighted by atomic mass is 15.1. The molecule has 0 N–H and O–H groups in total. The smallest absolute Gasteiger partial charge is 0.230 e. The molecule has 0 spiro atoms. The maximum Gasteiger partial charge on any atom is 0.230 e. The van der Waals surface area contributed by atoms with Crippen LogP contribution in [-0.2, 0) is 0 Å². The number of hydrogen-bond acceptors (Lipinski definition) is 2. The number of hydrogen-bond donors (Lipinski definition) is 0. The Labute approximate surface area is 205 Å². The predicted molar refractivity (Wildman–Crippen MR) is 149 cm³/mol. The first-order valence-corrected chi connectivity index (χ1v) is 11.8. The Morgan fingerprint density at radius 3 is 2.14 bits per heavy atom. The van der Waals surface area contributed by atoms with E-state index in [1.165, 1.54) is 26.9 Å². The third-order valence-corrected chi connectivity index (χ3v) is 6.57. The summed E-state index contributed by atoms with van der Waals surface area (Å²) in [6.45, 7) is 0. The van der Waals surface area contributed by atoms with E-state index in [2.05, 4.69) is 125 Å². The van der Waals surface area contributed by atoms with Crippen molar-refractivity contribution in [2.75, 3.05) is 19.0 Å². The summed E-state index contributed by atoms with van der Waals surface area (Å²) >= 11 is 0. The van der Waals surface area contributed by atoms with E-state index in [0.717, 1.165) is 28.3 Å². The lowest BCUT2D eigenvalue weighted by atomic mass is 10.0. The third-order valence-electron chi connectivity index (χ3n) is 6.57. The van der Waals surface area contributed by atoms with Crippen LogP contribution in [0.2, 0.25) is 0 Å². The fourth-order valence-electron chi connectivity index (χ4n) is 4.72. The molecular weight excluding hydrogens is 426 g/mol. The summed E-state index contributed by atoms with van der Waals surface area (Å²) < 4.78 is 2.31. The maximum absolute atomic E-state index is 4.83. The zero-order valence-corrected chi connectivity index (χ0v) is 19.9. The molecule has 0 bridgehead atoms. The molecule has 5 aromatic carbocycles. The van der Waals surface area contributed by atoms with Gasteiger partial charge >= 0.3 is 0 Å². The first-order valence-electron chi connectivity index (χ1n) is 11.8. The number of nitrogens with zero attached hydrogens (tertiary/aromatic N) is 3. The van der Waals surface area contributed by atoms with Gasteiger partial charge in [-0.15, -0.1) is 0 Å². The average Bonchev–Trinajstić information content (AvgIpc) is 2.91. The second-order valence-electron chi connectivity index (χ2n) is 9.01. The van der Waals surface area contributed by atoms with E-state index in [1.54, 1.807) is 0 Å². The molecule has 1 heterocycles. The van der Waals surface area contributed by atoms with Gasteiger partial charge in [-0.3, -0.25) is 0 Å². The maximum atomic E-state index is 4.83. The van der Waals surface area contributed by atoms with E-state index in [1.807, 2.05) is 20.3 Å². The Kier molecular flexibility index (Phi) is 5.23. The van der Waals surface area contributed by atoms with E-state index in [-0.39, 0.29) is 0 Å². The molecule has 0 saturated heterocycles. The number of fused-ring (bicyclic) bond motifs is 4. The molecule has 0 fully saturated rings. The predicted octanol–water partition coefficient (Wildman–Crippen LogP) is 7.24. The van der Waals surface area contributed by atoms with E-state index in [4.69, 9.17) is 4.99 Å². The number of benzene rings is 5. The van der Waals surface area contributed by atoms with Gasteiger partial charge in [0.05, 0.1) is 17.3 Å². The van der Waals surface area contributed by atoms with Gasteiger partial charge in [0.1, 0.15) is 0 Å². The van der Waals surface area contributed by atoms with Crippen LogP contribution < -0.4 is 9.47 Å². The summed E-state index contributed by atoms with van der Waals surface area (Å²) in [7, 11) is 4.09. The van der Waals surface area contributed by atoms with Crippen molar-refractivity contribution in [1.82, 2.24) is 0 Å². The fraction of sp³-hybridized carbons (Fsp3) is 0.0625. The SMILES string of the molecule is CN(C)c1ccc(N=Cc2ccc3c4ccccc4ccc3[n+]2-c2ccc3ccccc3c2)cc1. The van der Waals surface area contributed by atoms with E-state index >= 15 is 0 Å². The zero-order valence-electron chi connectivity index (χ0n) is 19.9. The Hall–Kier alpha value is -4.50. The van der Waals surface area contributed by atoms with Crippen LogP contribution in [0, 0.1) is 0 Å². The lowest BCUT2D eigenvalue weighted by Crippen LogP contribution is -2.36. The van der Waals surface area contributed by atoms with Gasteiger partial charge in [-0.2, -0.15) is 4.57 Å². The summed E-state index contributed by atoms with van der Waals surface area (Å²) in [6, 6.07) is 40.8. The molecule has 168 valence electrons. The molecule has 0 aliphatic heterocycles. The van der Waals surface area contributed by atoms with Crippen molar-refractivity contribution in [3.05, 3.63) is 121 Å². The third kappa shape index (κ3) is 3.91. The van der Waals surface area contributed by atoms with E-state index in [0.29, 0.717) is 0 Å². The van der Waals surface area contributed by atoms with Gasteiger partial charge in [-0.1, -0.05) is 48.5 Å². The van der Waals surface area contributed by atoms with Crippen LogP contribution in [0.3, 0.4) is 0 Å². The average molecular weight is 453 g/mol. The van der Waals surface area contributed by atoms with Crippen molar-refractivity contribution in [2.24, 2.45) is 4.99 Å². The Morgan fingerprint density at radius 1 is 0.629 bits per heavy atom. The molecule has 0 atom stereocenters. The lowest BCUT2D eigenvalue weighted by molar-refractivity contribution is -0.568. The van der Waals surface area contributed by atoms with Crippen LogP contribution in [0.4, 0.5) is 11.4 Å². The monoisotopic (exact) mass is 452 g/mol. The lowest BCUT2D eigenvalue weighted by Gasteiger charge is -2.11. The molecular formula is C32H26N3+. The molecule has 35 heavy (non-hydrogen) atoms. The van der Waals surface area contributed by atoms with Crippen molar-refractivity contribution < 1.29 is 4.57 Å². The highest BCUT2D eigenvalue weighted by Crippen LogP contribution is 2.26. The number of rotatable bonds is 4. The summed E-state index contributed by atoms with van der Waals surface area (Å²) in [5.41, 5.74) is 5.40. The van der Waals surface area contributed by atoms with Crippen LogP contribution in [0.25, 0.3) is 38.1 Å². The van der Waals surface area contributed by atoms with Gasteiger partial charge in [-0.25, -0.2) is 4.99 Å². The highest BCUT2D eigenvalue weighted by Gasteiger charge is 2.19. The second-order valence-corrected chi connectivity index (χ2v) is 9.01. The van der Waals surface area contributed by atoms with Crippen molar-refractivity contribution in [3.8, 4) is 5.69 Å². The number of anilines is 1. The molecule has 6 rings (SSSR count). The summed E-state index contributed by atoms with van der Waals surface area (Å²) in [4.78, 5) is 6.92.